The van der Waals surface area contributed by atoms with Gasteiger partial charge in [0.25, 0.3) is 0 Å². The van der Waals surface area contributed by atoms with E-state index in [0.29, 0.717) is 18.4 Å². The third kappa shape index (κ3) is 4.58. The van der Waals surface area contributed by atoms with Crippen LogP contribution in [0.4, 0.5) is 0 Å². The summed E-state index contributed by atoms with van der Waals surface area (Å²) in [6.07, 6.45) is 2.06. The molecule has 0 saturated carbocycles. The van der Waals surface area contributed by atoms with Crippen LogP contribution in [0.1, 0.15) is 61.0 Å². The fraction of sp³-hybridized carbons (Fsp3) is 0.481. The fourth-order valence-corrected chi connectivity index (χ4v) is 5.12. The molecule has 0 radical (unpaired) electrons. The van der Waals surface area contributed by atoms with Crippen LogP contribution >= 0.6 is 0 Å². The number of hydrogen-bond acceptors (Lipinski definition) is 3. The first-order chi connectivity index (χ1) is 15.2. The van der Waals surface area contributed by atoms with E-state index in [-0.39, 0.29) is 5.91 Å². The van der Waals surface area contributed by atoms with Crippen molar-refractivity contribution in [2.75, 3.05) is 33.7 Å². The lowest BCUT2D eigenvalue weighted by atomic mass is 9.87. The number of aryl methyl sites for hydroxylation is 2. The number of H-pyrrole nitrogens is 1. The molecule has 0 unspecified atom stereocenters. The molecule has 5 heteroatoms. The molecule has 0 spiro atoms. The number of likely N-dealkylation sites (N-methyl/N-ethyl adjacent to an activating group) is 1. The second-order valence-electron chi connectivity index (χ2n) is 9.90. The Balaban J connectivity index is 1.63. The van der Waals surface area contributed by atoms with E-state index in [1.165, 1.54) is 33.3 Å². The van der Waals surface area contributed by atoms with Crippen molar-refractivity contribution in [2.24, 2.45) is 0 Å². The number of nitrogens with zero attached hydrogens (tertiary/aromatic N) is 3. The van der Waals surface area contributed by atoms with Crippen LogP contribution in [0.25, 0.3) is 22.2 Å². The minimum absolute atomic E-state index is 0.240. The number of fused-ring (bicyclic) bond motifs is 1. The van der Waals surface area contributed by atoms with Crippen molar-refractivity contribution in [1.82, 2.24) is 19.8 Å². The van der Waals surface area contributed by atoms with E-state index >= 15 is 0 Å². The third-order valence-corrected chi connectivity index (χ3v) is 6.58. The van der Waals surface area contributed by atoms with Gasteiger partial charge in [0, 0.05) is 40.9 Å². The standard InChI is InChI=1S/C27H36N4O/c1-17(2)26-23-15-21(20-9-11-31(12-10-20)25(32)16-30(5)6)7-8-24(23)29-27(26)22-13-18(3)28-19(4)14-22/h7-8,13-15,17,20,29H,9-12,16H2,1-6H3. The Bertz CT molecular complexity index is 1100. The van der Waals surface area contributed by atoms with Gasteiger partial charge >= 0.3 is 0 Å². The first-order valence-corrected chi connectivity index (χ1v) is 11.8. The lowest BCUT2D eigenvalue weighted by Crippen LogP contribution is -2.42. The maximum Gasteiger partial charge on any atom is 0.236 e. The molecule has 1 aliphatic rings. The summed E-state index contributed by atoms with van der Waals surface area (Å²) in [5.74, 6) is 1.16. The number of amides is 1. The maximum absolute atomic E-state index is 12.4. The van der Waals surface area contributed by atoms with Gasteiger partial charge < -0.3 is 14.8 Å². The van der Waals surface area contributed by atoms with Crippen LogP contribution in [0.3, 0.4) is 0 Å². The van der Waals surface area contributed by atoms with Crippen LogP contribution in [-0.4, -0.2) is 59.4 Å². The fourth-order valence-electron chi connectivity index (χ4n) is 5.12. The van der Waals surface area contributed by atoms with E-state index in [2.05, 4.69) is 68.0 Å². The van der Waals surface area contributed by atoms with Gasteiger partial charge in [0.1, 0.15) is 0 Å². The van der Waals surface area contributed by atoms with Crippen LogP contribution in [0.2, 0.25) is 0 Å². The molecule has 1 aliphatic heterocycles. The number of aromatic amines is 1. The van der Waals surface area contributed by atoms with Crippen molar-refractivity contribution in [3.05, 3.63) is 52.8 Å². The average molecular weight is 433 g/mol. The number of piperidine rings is 1. The van der Waals surface area contributed by atoms with Gasteiger partial charge in [-0.1, -0.05) is 19.9 Å². The Morgan fingerprint density at radius 2 is 1.78 bits per heavy atom. The summed E-state index contributed by atoms with van der Waals surface area (Å²) in [7, 11) is 3.90. The van der Waals surface area contributed by atoms with Gasteiger partial charge in [-0.3, -0.25) is 9.78 Å². The van der Waals surface area contributed by atoms with Crippen molar-refractivity contribution in [3.63, 3.8) is 0 Å². The van der Waals surface area contributed by atoms with Crippen LogP contribution in [0.15, 0.2) is 30.3 Å². The zero-order valence-corrected chi connectivity index (χ0v) is 20.3. The zero-order chi connectivity index (χ0) is 23.0. The Morgan fingerprint density at radius 1 is 1.12 bits per heavy atom. The van der Waals surface area contributed by atoms with Crippen molar-refractivity contribution in [3.8, 4) is 11.3 Å². The van der Waals surface area contributed by atoms with Gasteiger partial charge in [0.05, 0.1) is 12.2 Å². The second kappa shape index (κ2) is 9.07. The SMILES string of the molecule is Cc1cc(-c2[nH]c3ccc(C4CCN(C(=O)CN(C)C)CC4)cc3c2C(C)C)cc(C)n1. The summed E-state index contributed by atoms with van der Waals surface area (Å²) in [6, 6.07) is 11.3. The van der Waals surface area contributed by atoms with Crippen molar-refractivity contribution in [1.29, 1.82) is 0 Å². The molecular formula is C27H36N4O. The van der Waals surface area contributed by atoms with E-state index in [0.717, 1.165) is 37.3 Å². The molecule has 0 atom stereocenters. The van der Waals surface area contributed by atoms with Crippen LogP contribution in [0.5, 0.6) is 0 Å². The Kier molecular flexibility index (Phi) is 6.38. The summed E-state index contributed by atoms with van der Waals surface area (Å²) in [5.41, 5.74) is 8.48. The highest BCUT2D eigenvalue weighted by atomic mass is 16.2. The normalized spacial score (nSPS) is 15.3. The molecular weight excluding hydrogens is 396 g/mol. The van der Waals surface area contributed by atoms with Crippen LogP contribution < -0.4 is 0 Å². The monoisotopic (exact) mass is 432 g/mol. The van der Waals surface area contributed by atoms with Gasteiger partial charge in [-0.25, -0.2) is 0 Å². The van der Waals surface area contributed by atoms with E-state index < -0.39 is 0 Å². The van der Waals surface area contributed by atoms with Gasteiger partial charge in [0.2, 0.25) is 5.91 Å². The summed E-state index contributed by atoms with van der Waals surface area (Å²) in [4.78, 5) is 24.6. The smallest absolute Gasteiger partial charge is 0.236 e. The number of rotatable bonds is 5. The molecule has 5 nitrogen and oxygen atoms in total. The molecule has 170 valence electrons. The first kappa shape index (κ1) is 22.5. The molecule has 3 heterocycles. The molecule has 2 aromatic heterocycles. The number of nitrogens with one attached hydrogen (secondary N) is 1. The highest BCUT2D eigenvalue weighted by molar-refractivity contribution is 5.92. The van der Waals surface area contributed by atoms with Gasteiger partial charge in [0.15, 0.2) is 0 Å². The molecule has 1 N–H and O–H groups in total. The van der Waals surface area contributed by atoms with Crippen LogP contribution in [-0.2, 0) is 4.79 Å². The number of aromatic nitrogens is 2. The Hall–Kier alpha value is -2.66. The maximum atomic E-state index is 12.4. The lowest BCUT2D eigenvalue weighted by Gasteiger charge is -2.33. The quantitative estimate of drug-likeness (QED) is 0.600. The molecule has 0 aliphatic carbocycles. The molecule has 0 bridgehead atoms. The van der Waals surface area contributed by atoms with E-state index in [1.807, 2.05) is 23.9 Å². The highest BCUT2D eigenvalue weighted by Crippen LogP contribution is 2.38. The number of likely N-dealkylation sites (tertiary alicyclic amines) is 1. The zero-order valence-electron chi connectivity index (χ0n) is 20.3. The topological polar surface area (TPSA) is 52.2 Å². The molecule has 1 fully saturated rings. The number of benzene rings is 1. The molecule has 1 amide bonds. The predicted octanol–water partition coefficient (Wildman–Crippen LogP) is 5.24. The molecule has 32 heavy (non-hydrogen) atoms. The molecule has 1 saturated heterocycles. The van der Waals surface area contributed by atoms with Crippen molar-refractivity contribution in [2.45, 2.75) is 52.4 Å². The number of carbonyl (C=O) groups is 1. The molecule has 3 aromatic rings. The van der Waals surface area contributed by atoms with Gasteiger partial charge in [-0.15, -0.1) is 0 Å². The highest BCUT2D eigenvalue weighted by Gasteiger charge is 2.25. The summed E-state index contributed by atoms with van der Waals surface area (Å²) < 4.78 is 0. The summed E-state index contributed by atoms with van der Waals surface area (Å²) in [5, 5.41) is 1.32. The van der Waals surface area contributed by atoms with E-state index in [9.17, 15) is 4.79 Å². The number of hydrogen-bond donors (Lipinski definition) is 1. The number of carbonyl (C=O) groups excluding carboxylic acids is 1. The second-order valence-corrected chi connectivity index (χ2v) is 9.90. The Labute approximate surface area is 191 Å². The largest absolute Gasteiger partial charge is 0.354 e. The first-order valence-electron chi connectivity index (χ1n) is 11.8. The van der Waals surface area contributed by atoms with Crippen LogP contribution in [0, 0.1) is 13.8 Å². The summed E-state index contributed by atoms with van der Waals surface area (Å²) in [6.45, 7) is 10.8. The Morgan fingerprint density at radius 3 is 2.38 bits per heavy atom. The van der Waals surface area contributed by atoms with Gasteiger partial charge in [-0.2, -0.15) is 0 Å². The van der Waals surface area contributed by atoms with Crippen molar-refractivity contribution >= 4 is 16.8 Å². The summed E-state index contributed by atoms with van der Waals surface area (Å²) >= 11 is 0. The van der Waals surface area contributed by atoms with E-state index in [4.69, 9.17) is 0 Å². The minimum atomic E-state index is 0.240. The van der Waals surface area contributed by atoms with Crippen molar-refractivity contribution < 1.29 is 4.79 Å². The third-order valence-electron chi connectivity index (χ3n) is 6.58. The molecule has 4 rings (SSSR count). The molecule has 1 aromatic carbocycles. The number of pyridine rings is 1. The average Bonchev–Trinajstić information content (AvgIpc) is 3.12. The predicted molar refractivity (Wildman–Crippen MR) is 132 cm³/mol. The lowest BCUT2D eigenvalue weighted by molar-refractivity contribution is -0.132. The minimum Gasteiger partial charge on any atom is -0.354 e. The van der Waals surface area contributed by atoms with Gasteiger partial charge in [-0.05, 0) is 88.0 Å². The van der Waals surface area contributed by atoms with E-state index in [1.54, 1.807) is 0 Å².